The normalized spacial score (nSPS) is 12.8. The van der Waals surface area contributed by atoms with Gasteiger partial charge in [0.25, 0.3) is 0 Å². The molecule has 0 fully saturated rings. The van der Waals surface area contributed by atoms with Crippen molar-refractivity contribution in [2.24, 2.45) is 7.05 Å². The largest absolute Gasteiger partial charge is 0.396 e. The number of aryl methyl sites for hydroxylation is 2. The monoisotopic (exact) mass is 287 g/mol. The van der Waals surface area contributed by atoms with Crippen molar-refractivity contribution in [3.63, 3.8) is 0 Å². The van der Waals surface area contributed by atoms with Crippen LogP contribution in [-0.4, -0.2) is 40.0 Å². The highest BCUT2D eigenvalue weighted by molar-refractivity contribution is 5.19. The van der Waals surface area contributed by atoms with Gasteiger partial charge in [-0.1, -0.05) is 30.3 Å². The molecule has 0 saturated carbocycles. The molecule has 0 radical (unpaired) electrons. The lowest BCUT2D eigenvalue weighted by molar-refractivity contribution is 0.184. The summed E-state index contributed by atoms with van der Waals surface area (Å²) in [4.78, 5) is 2.34. The lowest BCUT2D eigenvalue weighted by atomic mass is 10.0. The molecule has 1 heterocycles. The number of aliphatic hydroxyl groups is 1. The second-order valence-corrected chi connectivity index (χ2v) is 5.55. The number of hydrogen-bond donors (Lipinski definition) is 1. The Labute approximate surface area is 127 Å². The first-order valence-corrected chi connectivity index (χ1v) is 7.54. The molecule has 1 N–H and O–H groups in total. The van der Waals surface area contributed by atoms with Gasteiger partial charge in [-0.15, -0.1) is 0 Å². The fourth-order valence-electron chi connectivity index (χ4n) is 2.73. The predicted molar refractivity (Wildman–Crippen MR) is 85.0 cm³/mol. The van der Waals surface area contributed by atoms with Crippen LogP contribution in [0.1, 0.15) is 30.0 Å². The van der Waals surface area contributed by atoms with Gasteiger partial charge >= 0.3 is 0 Å². The van der Waals surface area contributed by atoms with Crippen molar-refractivity contribution in [2.45, 2.75) is 25.3 Å². The van der Waals surface area contributed by atoms with Gasteiger partial charge < -0.3 is 5.11 Å². The number of rotatable bonds is 8. The molecule has 21 heavy (non-hydrogen) atoms. The topological polar surface area (TPSA) is 41.3 Å². The minimum Gasteiger partial charge on any atom is -0.396 e. The Morgan fingerprint density at radius 3 is 2.67 bits per heavy atom. The minimum absolute atomic E-state index is 0.215. The predicted octanol–water partition coefficient (Wildman–Crippen LogP) is 2.41. The van der Waals surface area contributed by atoms with Crippen LogP contribution in [0, 0.1) is 0 Å². The zero-order valence-corrected chi connectivity index (χ0v) is 12.9. The van der Waals surface area contributed by atoms with E-state index >= 15 is 0 Å². The van der Waals surface area contributed by atoms with E-state index in [1.54, 1.807) is 0 Å². The molecule has 0 aliphatic carbocycles. The Morgan fingerprint density at radius 1 is 1.29 bits per heavy atom. The third-order valence-corrected chi connectivity index (χ3v) is 3.85. The van der Waals surface area contributed by atoms with Gasteiger partial charge in [-0.25, -0.2) is 0 Å². The van der Waals surface area contributed by atoms with Crippen LogP contribution in [-0.2, 0) is 13.5 Å². The van der Waals surface area contributed by atoms with E-state index in [9.17, 15) is 5.11 Å². The van der Waals surface area contributed by atoms with E-state index in [-0.39, 0.29) is 12.6 Å². The maximum atomic E-state index is 9.32. The van der Waals surface area contributed by atoms with E-state index in [1.807, 2.05) is 24.0 Å². The maximum absolute atomic E-state index is 9.32. The summed E-state index contributed by atoms with van der Waals surface area (Å²) in [6.07, 6.45) is 6.91. The molecule has 2 rings (SSSR count). The molecule has 1 atom stereocenters. The summed E-state index contributed by atoms with van der Waals surface area (Å²) in [6, 6.07) is 10.7. The van der Waals surface area contributed by atoms with Gasteiger partial charge in [0.05, 0.1) is 6.20 Å². The van der Waals surface area contributed by atoms with Gasteiger partial charge in [-0.3, -0.25) is 9.58 Å². The van der Waals surface area contributed by atoms with Crippen LogP contribution in [0.15, 0.2) is 42.7 Å². The molecular formula is C17H25N3O. The van der Waals surface area contributed by atoms with Crippen LogP contribution in [0.2, 0.25) is 0 Å². The molecule has 4 nitrogen and oxygen atoms in total. The van der Waals surface area contributed by atoms with Crippen LogP contribution in [0.5, 0.6) is 0 Å². The average molecular weight is 287 g/mol. The summed E-state index contributed by atoms with van der Waals surface area (Å²) in [5, 5.41) is 13.5. The summed E-state index contributed by atoms with van der Waals surface area (Å²) in [5.74, 6) is 0. The number of benzene rings is 1. The van der Waals surface area contributed by atoms with Crippen molar-refractivity contribution in [3.05, 3.63) is 53.9 Å². The van der Waals surface area contributed by atoms with E-state index in [0.717, 1.165) is 25.8 Å². The van der Waals surface area contributed by atoms with Gasteiger partial charge in [0.15, 0.2) is 0 Å². The third kappa shape index (κ3) is 4.69. The van der Waals surface area contributed by atoms with Crippen LogP contribution >= 0.6 is 0 Å². The SMILES string of the molecule is CN(CCCc1cnn(C)c1)C(CCO)c1ccccc1. The first kappa shape index (κ1) is 15.7. The first-order chi connectivity index (χ1) is 10.2. The molecular weight excluding hydrogens is 262 g/mol. The van der Waals surface area contributed by atoms with Gasteiger partial charge in [-0.2, -0.15) is 5.10 Å². The molecule has 4 heteroatoms. The van der Waals surface area contributed by atoms with Crippen LogP contribution in [0.25, 0.3) is 0 Å². The van der Waals surface area contributed by atoms with Crippen molar-refractivity contribution in [1.82, 2.24) is 14.7 Å². The molecule has 1 aromatic heterocycles. The highest BCUT2D eigenvalue weighted by Gasteiger charge is 2.15. The average Bonchev–Trinajstić information content (AvgIpc) is 2.91. The molecule has 0 bridgehead atoms. The van der Waals surface area contributed by atoms with Crippen LogP contribution in [0.4, 0.5) is 0 Å². The molecule has 0 aliphatic heterocycles. The zero-order chi connectivity index (χ0) is 15.1. The van der Waals surface area contributed by atoms with Gasteiger partial charge in [0, 0.05) is 25.9 Å². The van der Waals surface area contributed by atoms with Crippen LogP contribution < -0.4 is 0 Å². The highest BCUT2D eigenvalue weighted by Crippen LogP contribution is 2.22. The molecule has 114 valence electrons. The Morgan fingerprint density at radius 2 is 2.05 bits per heavy atom. The summed E-state index contributed by atoms with van der Waals surface area (Å²) in [7, 11) is 4.08. The summed E-state index contributed by atoms with van der Waals surface area (Å²) in [5.41, 5.74) is 2.56. The first-order valence-electron chi connectivity index (χ1n) is 7.54. The van der Waals surface area contributed by atoms with Gasteiger partial charge in [0.1, 0.15) is 0 Å². The van der Waals surface area contributed by atoms with E-state index in [2.05, 4.69) is 47.5 Å². The van der Waals surface area contributed by atoms with Crippen molar-refractivity contribution in [2.75, 3.05) is 20.2 Å². The quantitative estimate of drug-likeness (QED) is 0.810. The molecule has 1 unspecified atom stereocenters. The number of aliphatic hydroxyl groups excluding tert-OH is 1. The molecule has 0 spiro atoms. The third-order valence-electron chi connectivity index (χ3n) is 3.85. The standard InChI is InChI=1S/C17H25N3O/c1-19(11-6-7-15-13-18-20(2)14-15)17(10-12-21)16-8-4-3-5-9-16/h3-5,8-9,13-14,17,21H,6-7,10-12H2,1-2H3. The Kier molecular flexibility index (Phi) is 5.96. The smallest absolute Gasteiger partial charge is 0.0521 e. The maximum Gasteiger partial charge on any atom is 0.0521 e. The van der Waals surface area contributed by atoms with Crippen molar-refractivity contribution < 1.29 is 5.11 Å². The second-order valence-electron chi connectivity index (χ2n) is 5.55. The Balaban J connectivity index is 1.88. The zero-order valence-electron chi connectivity index (χ0n) is 12.9. The van der Waals surface area contributed by atoms with E-state index in [1.165, 1.54) is 11.1 Å². The molecule has 0 aliphatic rings. The fraction of sp³-hybridized carbons (Fsp3) is 0.471. The van der Waals surface area contributed by atoms with Crippen LogP contribution in [0.3, 0.4) is 0 Å². The lowest BCUT2D eigenvalue weighted by Crippen LogP contribution is -2.26. The second kappa shape index (κ2) is 7.96. The van der Waals surface area contributed by atoms with Crippen molar-refractivity contribution >= 4 is 0 Å². The van der Waals surface area contributed by atoms with E-state index in [0.29, 0.717) is 0 Å². The number of hydrogen-bond acceptors (Lipinski definition) is 3. The van der Waals surface area contributed by atoms with Crippen molar-refractivity contribution in [1.29, 1.82) is 0 Å². The van der Waals surface area contributed by atoms with Gasteiger partial charge in [0.2, 0.25) is 0 Å². The van der Waals surface area contributed by atoms with E-state index < -0.39 is 0 Å². The Bertz CT molecular complexity index is 524. The highest BCUT2D eigenvalue weighted by atomic mass is 16.3. The summed E-state index contributed by atoms with van der Waals surface area (Å²) in [6.45, 7) is 1.22. The van der Waals surface area contributed by atoms with Crippen molar-refractivity contribution in [3.8, 4) is 0 Å². The molecule has 0 amide bonds. The van der Waals surface area contributed by atoms with Gasteiger partial charge in [-0.05, 0) is 44.0 Å². The molecule has 0 saturated heterocycles. The minimum atomic E-state index is 0.215. The summed E-state index contributed by atoms with van der Waals surface area (Å²) < 4.78 is 1.84. The summed E-state index contributed by atoms with van der Waals surface area (Å²) >= 11 is 0. The van der Waals surface area contributed by atoms with E-state index in [4.69, 9.17) is 0 Å². The number of aromatic nitrogens is 2. The molecule has 1 aromatic carbocycles. The fourth-order valence-corrected chi connectivity index (χ4v) is 2.73. The number of nitrogens with zero attached hydrogens (tertiary/aromatic N) is 3. The Hall–Kier alpha value is -1.65. The lowest BCUT2D eigenvalue weighted by Gasteiger charge is -2.28. The molecule has 2 aromatic rings.